The molecule has 0 unspecified atom stereocenters. The van der Waals surface area contributed by atoms with E-state index in [2.05, 4.69) is 29.6 Å². The molecular weight excluding hydrogens is 288 g/mol. The van der Waals surface area contributed by atoms with Crippen LogP contribution in [0.4, 0.5) is 5.69 Å². The first-order chi connectivity index (χ1) is 11.1. The van der Waals surface area contributed by atoms with E-state index in [0.29, 0.717) is 13.2 Å². The third-order valence-electron chi connectivity index (χ3n) is 3.30. The minimum absolute atomic E-state index is 0.0313. The van der Waals surface area contributed by atoms with Gasteiger partial charge in [-0.25, -0.2) is 0 Å². The molecule has 0 spiro atoms. The van der Waals surface area contributed by atoms with Crippen molar-refractivity contribution in [1.29, 1.82) is 0 Å². The zero-order valence-corrected chi connectivity index (χ0v) is 13.8. The van der Waals surface area contributed by atoms with Crippen LogP contribution in [0.25, 0.3) is 0 Å². The first-order valence-corrected chi connectivity index (χ1v) is 7.85. The lowest BCUT2D eigenvalue weighted by molar-refractivity contribution is -0.116. The van der Waals surface area contributed by atoms with Gasteiger partial charge >= 0.3 is 0 Å². The van der Waals surface area contributed by atoms with Crippen LogP contribution in [0.3, 0.4) is 0 Å². The maximum atomic E-state index is 11.8. The molecule has 122 valence electrons. The van der Waals surface area contributed by atoms with Crippen molar-refractivity contribution < 1.29 is 9.53 Å². The van der Waals surface area contributed by atoms with Crippen LogP contribution in [-0.4, -0.2) is 38.1 Å². The van der Waals surface area contributed by atoms with Gasteiger partial charge in [-0.05, 0) is 44.6 Å². The number of benzene rings is 2. The Labute approximate surface area is 138 Å². The summed E-state index contributed by atoms with van der Waals surface area (Å²) in [6, 6.07) is 17.9. The largest absolute Gasteiger partial charge is 0.494 e. The molecule has 2 rings (SSSR count). The predicted molar refractivity (Wildman–Crippen MR) is 93.9 cm³/mol. The minimum atomic E-state index is -0.0313. The highest BCUT2D eigenvalue weighted by molar-refractivity contribution is 5.92. The first-order valence-electron chi connectivity index (χ1n) is 7.85. The number of anilines is 1. The Hall–Kier alpha value is -2.33. The maximum absolute atomic E-state index is 11.8. The lowest BCUT2D eigenvalue weighted by Gasteiger charge is -2.11. The van der Waals surface area contributed by atoms with E-state index in [1.807, 2.05) is 49.3 Å². The van der Waals surface area contributed by atoms with E-state index in [-0.39, 0.29) is 5.91 Å². The Balaban J connectivity index is 1.77. The minimum Gasteiger partial charge on any atom is -0.494 e. The van der Waals surface area contributed by atoms with E-state index in [1.54, 1.807) is 0 Å². The molecule has 4 heteroatoms. The molecule has 1 amide bonds. The number of aryl methyl sites for hydroxylation is 1. The Kier molecular flexibility index (Phi) is 6.63. The molecule has 2 aromatic rings. The predicted octanol–water partition coefficient (Wildman–Crippen LogP) is 3.20. The van der Waals surface area contributed by atoms with Gasteiger partial charge in [0.25, 0.3) is 0 Å². The smallest absolute Gasteiger partial charge is 0.238 e. The van der Waals surface area contributed by atoms with Crippen molar-refractivity contribution in [1.82, 2.24) is 4.90 Å². The number of nitrogens with one attached hydrogen (secondary N) is 1. The number of likely N-dealkylation sites (N-methyl/N-ethyl adjacent to an activating group) is 1. The molecule has 2 aromatic carbocycles. The van der Waals surface area contributed by atoms with Crippen LogP contribution in [0.5, 0.6) is 5.75 Å². The van der Waals surface area contributed by atoms with Crippen molar-refractivity contribution in [3.63, 3.8) is 0 Å². The number of carbonyl (C=O) groups is 1. The third kappa shape index (κ3) is 6.53. The molecule has 0 saturated heterocycles. The standard InChI is InChI=1S/C19H24N2O2/c1-21(2)15-19(22)20-17-11-6-12-18(14-17)23-13-7-10-16-8-4-3-5-9-16/h3-6,8-9,11-12,14H,7,10,13,15H2,1-2H3,(H,20,22). The molecule has 0 aromatic heterocycles. The third-order valence-corrected chi connectivity index (χ3v) is 3.30. The van der Waals surface area contributed by atoms with Crippen molar-refractivity contribution in [3.05, 3.63) is 60.2 Å². The van der Waals surface area contributed by atoms with Gasteiger partial charge in [0.05, 0.1) is 13.2 Å². The molecule has 0 aliphatic carbocycles. The summed E-state index contributed by atoms with van der Waals surface area (Å²) in [4.78, 5) is 13.6. The van der Waals surface area contributed by atoms with Gasteiger partial charge in [0.1, 0.15) is 5.75 Å². The molecule has 1 N–H and O–H groups in total. The number of rotatable bonds is 8. The number of hydrogen-bond donors (Lipinski definition) is 1. The summed E-state index contributed by atoms with van der Waals surface area (Å²) < 4.78 is 5.77. The van der Waals surface area contributed by atoms with E-state index in [1.165, 1.54) is 5.56 Å². The highest BCUT2D eigenvalue weighted by Crippen LogP contribution is 2.17. The molecule has 0 heterocycles. The molecular formula is C19H24N2O2. The molecule has 0 atom stereocenters. The lowest BCUT2D eigenvalue weighted by atomic mass is 10.1. The first kappa shape index (κ1) is 17.0. The van der Waals surface area contributed by atoms with Crippen LogP contribution in [0.2, 0.25) is 0 Å². The van der Waals surface area contributed by atoms with Gasteiger partial charge in [-0.3, -0.25) is 4.79 Å². The second-order valence-electron chi connectivity index (χ2n) is 5.75. The SMILES string of the molecule is CN(C)CC(=O)Nc1cccc(OCCCc2ccccc2)c1. The maximum Gasteiger partial charge on any atom is 0.238 e. The molecule has 0 fully saturated rings. The van der Waals surface area contributed by atoms with Gasteiger partial charge < -0.3 is 15.0 Å². The second-order valence-corrected chi connectivity index (χ2v) is 5.75. The van der Waals surface area contributed by atoms with Gasteiger partial charge in [-0.15, -0.1) is 0 Å². The van der Waals surface area contributed by atoms with Crippen molar-refractivity contribution in [3.8, 4) is 5.75 Å². The summed E-state index contributed by atoms with van der Waals surface area (Å²) in [6.07, 6.45) is 1.96. The highest BCUT2D eigenvalue weighted by Gasteiger charge is 2.04. The zero-order chi connectivity index (χ0) is 16.5. The molecule has 4 nitrogen and oxygen atoms in total. The average molecular weight is 312 g/mol. The number of ether oxygens (including phenoxy) is 1. The second kappa shape index (κ2) is 8.96. The molecule has 0 aliphatic rings. The Morgan fingerprint density at radius 3 is 2.61 bits per heavy atom. The summed E-state index contributed by atoms with van der Waals surface area (Å²) >= 11 is 0. The number of nitrogens with zero attached hydrogens (tertiary/aromatic N) is 1. The fraction of sp³-hybridized carbons (Fsp3) is 0.316. The van der Waals surface area contributed by atoms with Crippen molar-refractivity contribution >= 4 is 11.6 Å². The van der Waals surface area contributed by atoms with Gasteiger partial charge in [0.15, 0.2) is 0 Å². The Morgan fingerprint density at radius 2 is 1.87 bits per heavy atom. The number of carbonyl (C=O) groups excluding carboxylic acids is 1. The topological polar surface area (TPSA) is 41.6 Å². The van der Waals surface area contributed by atoms with E-state index in [4.69, 9.17) is 4.74 Å². The van der Waals surface area contributed by atoms with Gasteiger partial charge in [0, 0.05) is 11.8 Å². The number of amides is 1. The molecule has 0 radical (unpaired) electrons. The fourth-order valence-corrected chi connectivity index (χ4v) is 2.26. The average Bonchev–Trinajstić information content (AvgIpc) is 2.52. The molecule has 0 bridgehead atoms. The van der Waals surface area contributed by atoms with Gasteiger partial charge in [-0.1, -0.05) is 36.4 Å². The van der Waals surface area contributed by atoms with Crippen LogP contribution in [0.15, 0.2) is 54.6 Å². The summed E-state index contributed by atoms with van der Waals surface area (Å²) in [7, 11) is 3.73. The van der Waals surface area contributed by atoms with Crippen molar-refractivity contribution in [2.24, 2.45) is 0 Å². The van der Waals surface area contributed by atoms with E-state index in [0.717, 1.165) is 24.3 Å². The normalized spacial score (nSPS) is 10.6. The fourth-order valence-electron chi connectivity index (χ4n) is 2.26. The quantitative estimate of drug-likeness (QED) is 0.761. The van der Waals surface area contributed by atoms with Crippen LogP contribution in [0, 0.1) is 0 Å². The monoisotopic (exact) mass is 312 g/mol. The van der Waals surface area contributed by atoms with Gasteiger partial charge in [-0.2, -0.15) is 0 Å². The zero-order valence-electron chi connectivity index (χ0n) is 13.8. The van der Waals surface area contributed by atoms with Crippen molar-refractivity contribution in [2.75, 3.05) is 32.6 Å². The lowest BCUT2D eigenvalue weighted by Crippen LogP contribution is -2.27. The highest BCUT2D eigenvalue weighted by atomic mass is 16.5. The van der Waals surface area contributed by atoms with E-state index in [9.17, 15) is 4.79 Å². The van der Waals surface area contributed by atoms with Crippen LogP contribution < -0.4 is 10.1 Å². The summed E-state index contributed by atoms with van der Waals surface area (Å²) in [5, 5.41) is 2.87. The van der Waals surface area contributed by atoms with E-state index >= 15 is 0 Å². The summed E-state index contributed by atoms with van der Waals surface area (Å²) in [5.41, 5.74) is 2.08. The Morgan fingerprint density at radius 1 is 1.09 bits per heavy atom. The van der Waals surface area contributed by atoms with Gasteiger partial charge in [0.2, 0.25) is 5.91 Å². The molecule has 0 aliphatic heterocycles. The van der Waals surface area contributed by atoms with Crippen LogP contribution >= 0.6 is 0 Å². The summed E-state index contributed by atoms with van der Waals surface area (Å²) in [6.45, 7) is 1.02. The van der Waals surface area contributed by atoms with E-state index < -0.39 is 0 Å². The number of hydrogen-bond acceptors (Lipinski definition) is 3. The molecule has 23 heavy (non-hydrogen) atoms. The van der Waals surface area contributed by atoms with Crippen LogP contribution in [0.1, 0.15) is 12.0 Å². The van der Waals surface area contributed by atoms with Crippen molar-refractivity contribution in [2.45, 2.75) is 12.8 Å². The van der Waals surface area contributed by atoms with Crippen LogP contribution in [-0.2, 0) is 11.2 Å². The summed E-state index contributed by atoms with van der Waals surface area (Å²) in [5.74, 6) is 0.747. The molecule has 0 saturated carbocycles. The Bertz CT molecular complexity index is 612.